The minimum atomic E-state index is -0.926. The summed E-state index contributed by atoms with van der Waals surface area (Å²) in [4.78, 5) is 17.7. The van der Waals surface area contributed by atoms with Crippen LogP contribution in [0.25, 0.3) is 0 Å². The van der Waals surface area contributed by atoms with Crippen molar-refractivity contribution >= 4 is 35.8 Å². The predicted molar refractivity (Wildman–Crippen MR) is 121 cm³/mol. The van der Waals surface area contributed by atoms with Gasteiger partial charge >= 0.3 is 5.97 Å². The summed E-state index contributed by atoms with van der Waals surface area (Å²) in [6.45, 7) is 8.48. The van der Waals surface area contributed by atoms with Crippen molar-refractivity contribution in [2.75, 3.05) is 6.26 Å². The summed E-state index contributed by atoms with van der Waals surface area (Å²) in [6.07, 6.45) is 3.75. The third kappa shape index (κ3) is 3.90. The Morgan fingerprint density at radius 3 is 2.55 bits per heavy atom. The van der Waals surface area contributed by atoms with Crippen LogP contribution in [0.4, 0.5) is 0 Å². The summed E-state index contributed by atoms with van der Waals surface area (Å²) in [5.74, 6) is 0.0308. The molecule has 2 heterocycles. The molecular weight excluding hydrogens is 406 g/mol. The summed E-state index contributed by atoms with van der Waals surface area (Å²) in [6, 6.07) is 9.32. The highest BCUT2D eigenvalue weighted by atomic mass is 35.5. The van der Waals surface area contributed by atoms with Crippen molar-refractivity contribution < 1.29 is 14.6 Å². The minimum absolute atomic E-state index is 0. The van der Waals surface area contributed by atoms with E-state index in [1.807, 2.05) is 6.07 Å². The lowest BCUT2D eigenvalue weighted by Gasteiger charge is -2.31. The lowest BCUT2D eigenvalue weighted by molar-refractivity contribution is 0.0697. The van der Waals surface area contributed by atoms with Crippen molar-refractivity contribution in [2.24, 2.45) is 4.99 Å². The number of carboxylic acid groups (broad SMARTS) is 1. The fourth-order valence-corrected chi connectivity index (χ4v) is 4.84. The minimum Gasteiger partial charge on any atom is -0.486 e. The molecule has 0 bridgehead atoms. The molecule has 29 heavy (non-hydrogen) atoms. The maximum absolute atomic E-state index is 11.5. The van der Waals surface area contributed by atoms with Crippen LogP contribution >= 0.6 is 24.2 Å². The number of hydrogen-bond donors (Lipinski definition) is 1. The summed E-state index contributed by atoms with van der Waals surface area (Å²) in [5, 5.41) is 9.43. The van der Waals surface area contributed by atoms with Gasteiger partial charge in [-0.1, -0.05) is 12.1 Å². The number of fused-ring (bicyclic) bond motifs is 3. The van der Waals surface area contributed by atoms with Gasteiger partial charge in [0.15, 0.2) is 0 Å². The molecule has 0 aromatic heterocycles. The van der Waals surface area contributed by atoms with Gasteiger partial charge in [0.05, 0.1) is 16.8 Å². The van der Waals surface area contributed by atoms with E-state index in [9.17, 15) is 9.90 Å². The molecule has 0 atom stereocenters. The molecule has 0 fully saturated rings. The van der Waals surface area contributed by atoms with Crippen LogP contribution in [-0.2, 0) is 12.8 Å². The van der Waals surface area contributed by atoms with E-state index in [0.29, 0.717) is 0 Å². The monoisotopic (exact) mass is 431 g/mol. The fourth-order valence-electron chi connectivity index (χ4n) is 4.23. The van der Waals surface area contributed by atoms with Crippen molar-refractivity contribution in [3.63, 3.8) is 0 Å². The summed E-state index contributed by atoms with van der Waals surface area (Å²) in [5.41, 5.74) is 5.07. The first kappa shape index (κ1) is 21.7. The van der Waals surface area contributed by atoms with E-state index in [1.54, 1.807) is 30.0 Å². The highest BCUT2D eigenvalue weighted by Gasteiger charge is 2.39. The van der Waals surface area contributed by atoms with Gasteiger partial charge in [-0.05, 0) is 64.1 Å². The van der Waals surface area contributed by atoms with E-state index in [0.717, 1.165) is 40.3 Å². The van der Waals surface area contributed by atoms with E-state index in [1.165, 1.54) is 11.1 Å². The Labute approximate surface area is 182 Å². The second-order valence-electron chi connectivity index (χ2n) is 8.79. The number of aromatic carboxylic acids is 1. The molecule has 4 rings (SSSR count). The molecule has 4 nitrogen and oxygen atoms in total. The highest BCUT2D eigenvalue weighted by Crippen LogP contribution is 2.47. The van der Waals surface area contributed by atoms with Crippen LogP contribution in [0.1, 0.15) is 60.3 Å². The third-order valence-electron chi connectivity index (χ3n) is 5.28. The van der Waals surface area contributed by atoms with Crippen LogP contribution in [0.5, 0.6) is 5.75 Å². The van der Waals surface area contributed by atoms with Crippen LogP contribution in [0.2, 0.25) is 0 Å². The van der Waals surface area contributed by atoms with Gasteiger partial charge in [0.2, 0.25) is 0 Å². The molecule has 2 aromatic carbocycles. The Kier molecular flexibility index (Phi) is 5.52. The van der Waals surface area contributed by atoms with E-state index in [2.05, 4.69) is 40.0 Å². The zero-order valence-corrected chi connectivity index (χ0v) is 19.0. The van der Waals surface area contributed by atoms with E-state index in [-0.39, 0.29) is 29.1 Å². The Hall–Kier alpha value is -1.98. The lowest BCUT2D eigenvalue weighted by Crippen LogP contribution is -2.30. The number of ether oxygens (including phenoxy) is 1. The Bertz CT molecular complexity index is 1030. The first-order chi connectivity index (χ1) is 13.1. The van der Waals surface area contributed by atoms with Crippen LogP contribution in [0.15, 0.2) is 40.2 Å². The number of aliphatic imine (C=N–C) groups is 1. The average molecular weight is 432 g/mol. The molecule has 1 N–H and O–H groups in total. The second-order valence-corrected chi connectivity index (χ2v) is 9.64. The third-order valence-corrected chi connectivity index (χ3v) is 6.03. The molecule has 0 saturated carbocycles. The second kappa shape index (κ2) is 7.37. The van der Waals surface area contributed by atoms with Crippen LogP contribution in [0.3, 0.4) is 0 Å². The van der Waals surface area contributed by atoms with Gasteiger partial charge in [0.1, 0.15) is 11.4 Å². The Balaban J connectivity index is 0.00000240. The number of halogens is 1. The van der Waals surface area contributed by atoms with Crippen molar-refractivity contribution in [1.82, 2.24) is 0 Å². The summed E-state index contributed by atoms with van der Waals surface area (Å²) >= 11 is 1.71. The van der Waals surface area contributed by atoms with Gasteiger partial charge < -0.3 is 9.84 Å². The molecular formula is C23H26ClNO3S. The summed E-state index contributed by atoms with van der Waals surface area (Å²) < 4.78 is 6.31. The standard InChI is InChI=1S/C23H25NO3S.ClH/c1-22(2)11-15-10-17(28-5)20-16(12-23(3,4)27-20)18(15)19(24-22)13-7-6-8-14(9-13)21(25)26;/h6-10H,11-12H2,1-5H3,(H,25,26);1H. The van der Waals surface area contributed by atoms with Crippen molar-refractivity contribution in [3.8, 4) is 5.75 Å². The van der Waals surface area contributed by atoms with Crippen molar-refractivity contribution in [1.29, 1.82) is 0 Å². The SMILES string of the molecule is CSc1cc2c(c3c1OC(C)(C)C3)C(c1cccc(C(=O)O)c1)=NC(C)(C)C2.Cl. The number of nitrogens with zero attached hydrogens (tertiary/aromatic N) is 1. The van der Waals surface area contributed by atoms with E-state index in [4.69, 9.17) is 9.73 Å². The molecule has 6 heteroatoms. The summed E-state index contributed by atoms with van der Waals surface area (Å²) in [7, 11) is 0. The number of hydrogen-bond acceptors (Lipinski definition) is 4. The lowest BCUT2D eigenvalue weighted by atomic mass is 9.81. The van der Waals surface area contributed by atoms with Gasteiger partial charge in [-0.2, -0.15) is 0 Å². The molecule has 2 aliphatic heterocycles. The number of carbonyl (C=O) groups is 1. The van der Waals surface area contributed by atoms with Gasteiger partial charge in [-0.15, -0.1) is 24.2 Å². The molecule has 2 aliphatic rings. The smallest absolute Gasteiger partial charge is 0.335 e. The van der Waals surface area contributed by atoms with Gasteiger partial charge in [0, 0.05) is 28.0 Å². The maximum Gasteiger partial charge on any atom is 0.335 e. The molecule has 0 spiro atoms. The molecule has 0 saturated heterocycles. The largest absolute Gasteiger partial charge is 0.486 e. The van der Waals surface area contributed by atoms with Crippen molar-refractivity contribution in [2.45, 2.75) is 56.6 Å². The molecule has 2 aromatic rings. The van der Waals surface area contributed by atoms with Crippen LogP contribution in [0, 0.1) is 0 Å². The first-order valence-corrected chi connectivity index (χ1v) is 10.7. The van der Waals surface area contributed by atoms with Gasteiger partial charge in [-0.25, -0.2) is 4.79 Å². The number of rotatable bonds is 3. The van der Waals surface area contributed by atoms with Gasteiger partial charge in [0.25, 0.3) is 0 Å². The average Bonchev–Trinajstić information content (AvgIpc) is 2.94. The maximum atomic E-state index is 11.5. The first-order valence-electron chi connectivity index (χ1n) is 9.46. The Morgan fingerprint density at radius 1 is 1.17 bits per heavy atom. The molecule has 0 unspecified atom stereocenters. The Morgan fingerprint density at radius 2 is 1.90 bits per heavy atom. The fraction of sp³-hybridized carbons (Fsp3) is 0.391. The molecule has 154 valence electrons. The van der Waals surface area contributed by atoms with Crippen LogP contribution < -0.4 is 4.74 Å². The van der Waals surface area contributed by atoms with Gasteiger partial charge in [-0.3, -0.25) is 4.99 Å². The van der Waals surface area contributed by atoms with E-state index >= 15 is 0 Å². The normalized spacial score (nSPS) is 18.0. The predicted octanol–water partition coefficient (Wildman–Crippen LogP) is 5.41. The zero-order valence-electron chi connectivity index (χ0n) is 17.3. The van der Waals surface area contributed by atoms with Crippen LogP contribution in [-0.4, -0.2) is 34.2 Å². The molecule has 0 aliphatic carbocycles. The van der Waals surface area contributed by atoms with E-state index < -0.39 is 5.97 Å². The molecule has 0 amide bonds. The van der Waals surface area contributed by atoms with Crippen molar-refractivity contribution in [3.05, 3.63) is 58.1 Å². The molecule has 0 radical (unpaired) electrons. The zero-order chi connectivity index (χ0) is 20.3. The topological polar surface area (TPSA) is 58.9 Å². The highest BCUT2D eigenvalue weighted by molar-refractivity contribution is 7.98. The number of benzene rings is 2. The quantitative estimate of drug-likeness (QED) is 0.659. The number of thioether (sulfide) groups is 1. The number of carboxylic acids is 1.